The lowest BCUT2D eigenvalue weighted by atomic mass is 10.2. The molecule has 2 heterocycles. The first-order chi connectivity index (χ1) is 8.36. The minimum absolute atomic E-state index is 0.0790. The lowest BCUT2D eigenvalue weighted by Crippen LogP contribution is -2.13. The Hall–Kier alpha value is -2.12. The van der Waals surface area contributed by atoms with Crippen molar-refractivity contribution in [1.82, 2.24) is 14.6 Å². The van der Waals surface area contributed by atoms with Crippen LogP contribution < -0.4 is 0 Å². The number of aromatic carboxylic acids is 1. The molecule has 8 heteroatoms. The molecule has 18 heavy (non-hydrogen) atoms. The van der Waals surface area contributed by atoms with Gasteiger partial charge < -0.3 is 5.11 Å². The van der Waals surface area contributed by atoms with E-state index in [1.165, 1.54) is 0 Å². The van der Waals surface area contributed by atoms with Crippen LogP contribution in [0.2, 0.25) is 0 Å². The highest BCUT2D eigenvalue weighted by atomic mass is 19.4. The number of rotatable bonds is 2. The molecule has 0 amide bonds. The van der Waals surface area contributed by atoms with E-state index in [-0.39, 0.29) is 17.6 Å². The van der Waals surface area contributed by atoms with Crippen LogP contribution in [0.4, 0.5) is 13.2 Å². The highest BCUT2D eigenvalue weighted by Crippen LogP contribution is 2.30. The van der Waals surface area contributed by atoms with E-state index in [0.29, 0.717) is 4.52 Å². The van der Waals surface area contributed by atoms with Crippen molar-refractivity contribution >= 4 is 11.6 Å². The largest absolute Gasteiger partial charge is 0.476 e. The molecule has 0 saturated heterocycles. The van der Waals surface area contributed by atoms with Gasteiger partial charge in [-0.2, -0.15) is 18.3 Å². The molecule has 2 aromatic rings. The monoisotopic (exact) mass is 259 g/mol. The van der Waals surface area contributed by atoms with Gasteiger partial charge in [-0.05, 0) is 12.5 Å². The molecule has 0 bridgehead atoms. The minimum Gasteiger partial charge on any atom is -0.476 e. The van der Waals surface area contributed by atoms with E-state index in [4.69, 9.17) is 5.11 Å². The predicted octanol–water partition coefficient (Wildman–Crippen LogP) is 2.01. The average molecular weight is 259 g/mol. The first-order valence-electron chi connectivity index (χ1n) is 5.03. The molecule has 1 N–H and O–H groups in total. The lowest BCUT2D eigenvalue weighted by molar-refractivity contribution is -0.142. The van der Waals surface area contributed by atoms with Gasteiger partial charge in [0, 0.05) is 11.8 Å². The Morgan fingerprint density at radius 1 is 1.50 bits per heavy atom. The van der Waals surface area contributed by atoms with Crippen molar-refractivity contribution < 1.29 is 23.1 Å². The molecule has 0 unspecified atom stereocenters. The summed E-state index contributed by atoms with van der Waals surface area (Å²) in [4.78, 5) is 14.7. The third-order valence-electron chi connectivity index (χ3n) is 2.46. The summed E-state index contributed by atoms with van der Waals surface area (Å²) < 4.78 is 38.7. The number of fused-ring (bicyclic) bond motifs is 1. The number of nitrogens with zero attached hydrogens (tertiary/aromatic N) is 3. The highest BCUT2D eigenvalue weighted by Gasteiger charge is 2.35. The third kappa shape index (κ3) is 1.79. The van der Waals surface area contributed by atoms with Gasteiger partial charge >= 0.3 is 12.1 Å². The number of hydrogen-bond acceptors (Lipinski definition) is 3. The Balaban J connectivity index is 2.84. The molecule has 0 atom stereocenters. The van der Waals surface area contributed by atoms with Crippen LogP contribution in [0.5, 0.6) is 0 Å². The minimum atomic E-state index is -4.62. The topological polar surface area (TPSA) is 67.5 Å². The van der Waals surface area contributed by atoms with Gasteiger partial charge in [0.25, 0.3) is 0 Å². The molecule has 0 radical (unpaired) electrons. The molecule has 2 rings (SSSR count). The van der Waals surface area contributed by atoms with E-state index in [2.05, 4.69) is 10.1 Å². The summed E-state index contributed by atoms with van der Waals surface area (Å²) in [6.45, 7) is 1.63. The van der Waals surface area contributed by atoms with Gasteiger partial charge in [0.1, 0.15) is 5.69 Å². The summed E-state index contributed by atoms with van der Waals surface area (Å²) in [5.74, 6) is -1.37. The summed E-state index contributed by atoms with van der Waals surface area (Å²) in [7, 11) is 0. The molecular formula is C10H8F3N3O2. The first kappa shape index (κ1) is 12.3. The van der Waals surface area contributed by atoms with Crippen LogP contribution in [0.1, 0.15) is 28.7 Å². The molecular weight excluding hydrogens is 251 g/mol. The first-order valence-corrected chi connectivity index (χ1v) is 5.03. The Kier molecular flexibility index (Phi) is 2.72. The van der Waals surface area contributed by atoms with Crippen molar-refractivity contribution in [3.8, 4) is 0 Å². The van der Waals surface area contributed by atoms with Gasteiger partial charge in [0.15, 0.2) is 11.3 Å². The van der Waals surface area contributed by atoms with Crippen LogP contribution in [-0.2, 0) is 12.6 Å². The van der Waals surface area contributed by atoms with Crippen molar-refractivity contribution in [1.29, 1.82) is 0 Å². The third-order valence-corrected chi connectivity index (χ3v) is 2.46. The molecule has 0 aliphatic heterocycles. The number of aryl methyl sites for hydroxylation is 1. The number of carboxylic acids is 1. The van der Waals surface area contributed by atoms with Gasteiger partial charge in [-0.1, -0.05) is 6.92 Å². The van der Waals surface area contributed by atoms with Crippen molar-refractivity contribution in [2.24, 2.45) is 0 Å². The zero-order valence-corrected chi connectivity index (χ0v) is 9.19. The SMILES string of the molecule is CCc1c(C(=O)O)nn2c(C(F)(F)F)ccnc12. The van der Waals surface area contributed by atoms with Crippen molar-refractivity contribution in [3.05, 3.63) is 29.2 Å². The number of alkyl halides is 3. The van der Waals surface area contributed by atoms with Crippen molar-refractivity contribution in [3.63, 3.8) is 0 Å². The second-order valence-electron chi connectivity index (χ2n) is 3.55. The Bertz CT molecular complexity index is 619. The second-order valence-corrected chi connectivity index (χ2v) is 3.55. The van der Waals surface area contributed by atoms with Crippen LogP contribution >= 0.6 is 0 Å². The highest BCUT2D eigenvalue weighted by molar-refractivity contribution is 5.89. The quantitative estimate of drug-likeness (QED) is 0.895. The van der Waals surface area contributed by atoms with E-state index in [9.17, 15) is 18.0 Å². The number of carboxylic acid groups (broad SMARTS) is 1. The van der Waals surface area contributed by atoms with Gasteiger partial charge in [0.2, 0.25) is 0 Å². The summed E-state index contributed by atoms with van der Waals surface area (Å²) in [5, 5.41) is 12.4. The molecule has 5 nitrogen and oxygen atoms in total. The summed E-state index contributed by atoms with van der Waals surface area (Å²) >= 11 is 0. The van der Waals surface area contributed by atoms with Gasteiger partial charge in [-0.15, -0.1) is 0 Å². The normalized spacial score (nSPS) is 12.0. The predicted molar refractivity (Wildman–Crippen MR) is 54.3 cm³/mol. The van der Waals surface area contributed by atoms with E-state index < -0.39 is 23.5 Å². The van der Waals surface area contributed by atoms with Crippen LogP contribution in [-0.4, -0.2) is 25.7 Å². The van der Waals surface area contributed by atoms with Crippen molar-refractivity contribution in [2.75, 3.05) is 0 Å². The molecule has 0 aromatic carbocycles. The van der Waals surface area contributed by atoms with E-state index in [1.807, 2.05) is 0 Å². The lowest BCUT2D eigenvalue weighted by Gasteiger charge is -2.07. The van der Waals surface area contributed by atoms with Crippen LogP contribution in [0, 0.1) is 0 Å². The fourth-order valence-corrected chi connectivity index (χ4v) is 1.70. The Labute approximate surface area is 98.9 Å². The second kappa shape index (κ2) is 3.97. The van der Waals surface area contributed by atoms with Gasteiger partial charge in [-0.3, -0.25) is 0 Å². The number of aromatic nitrogens is 3. The van der Waals surface area contributed by atoms with E-state index in [0.717, 1.165) is 12.3 Å². The smallest absolute Gasteiger partial charge is 0.433 e. The Morgan fingerprint density at radius 2 is 2.17 bits per heavy atom. The average Bonchev–Trinajstić information content (AvgIpc) is 2.65. The van der Waals surface area contributed by atoms with Crippen LogP contribution in [0.25, 0.3) is 5.65 Å². The number of halogens is 3. The fourth-order valence-electron chi connectivity index (χ4n) is 1.70. The summed E-state index contributed by atoms with van der Waals surface area (Å²) in [5.41, 5.74) is -1.34. The maximum Gasteiger partial charge on any atom is 0.433 e. The molecule has 0 saturated carbocycles. The number of hydrogen-bond donors (Lipinski definition) is 1. The van der Waals surface area contributed by atoms with Crippen LogP contribution in [0.15, 0.2) is 12.3 Å². The zero-order valence-electron chi connectivity index (χ0n) is 9.19. The summed E-state index contributed by atoms with van der Waals surface area (Å²) in [6.07, 6.45) is -3.39. The van der Waals surface area contributed by atoms with Crippen molar-refractivity contribution in [2.45, 2.75) is 19.5 Å². The molecule has 0 fully saturated rings. The van der Waals surface area contributed by atoms with E-state index in [1.54, 1.807) is 6.92 Å². The zero-order chi connectivity index (χ0) is 13.5. The van der Waals surface area contributed by atoms with E-state index >= 15 is 0 Å². The maximum absolute atomic E-state index is 12.7. The van der Waals surface area contributed by atoms with Gasteiger partial charge in [-0.25, -0.2) is 14.3 Å². The fraction of sp³-hybridized carbons (Fsp3) is 0.300. The standard InChI is InChI=1S/C10H8F3N3O2/c1-2-5-7(9(17)18)15-16-6(10(11,12)13)3-4-14-8(5)16/h3-4H,2H2,1H3,(H,17,18). The Morgan fingerprint density at radius 3 is 2.67 bits per heavy atom. The van der Waals surface area contributed by atoms with Crippen LogP contribution in [0.3, 0.4) is 0 Å². The molecule has 0 aliphatic rings. The summed E-state index contributed by atoms with van der Waals surface area (Å²) in [6, 6.07) is 0.755. The molecule has 0 spiro atoms. The molecule has 2 aromatic heterocycles. The number of carbonyl (C=O) groups is 1. The van der Waals surface area contributed by atoms with Gasteiger partial charge in [0.05, 0.1) is 0 Å². The molecule has 0 aliphatic carbocycles. The molecule has 96 valence electrons. The maximum atomic E-state index is 12.7.